The molecule has 0 bridgehead atoms. The number of methoxy groups -OCH3 is 1. The van der Waals surface area contributed by atoms with Crippen molar-refractivity contribution in [2.24, 2.45) is 0 Å². The third kappa shape index (κ3) is 1.72. The summed E-state index contributed by atoms with van der Waals surface area (Å²) in [6.45, 7) is 0. The minimum absolute atomic E-state index is 0.0579. The van der Waals surface area contributed by atoms with Gasteiger partial charge in [-0.25, -0.2) is 9.18 Å². The number of halogens is 1. The number of rotatable bonds is 2. The number of hydrogen-bond acceptors (Lipinski definition) is 3. The lowest BCUT2D eigenvalue weighted by Gasteiger charge is -2.02. The van der Waals surface area contributed by atoms with Crippen molar-refractivity contribution in [3.63, 3.8) is 0 Å². The third-order valence-electron chi connectivity index (χ3n) is 1.58. The first-order valence-electron chi connectivity index (χ1n) is 3.52. The average Bonchev–Trinajstić information content (AvgIpc) is 2.16. The lowest BCUT2D eigenvalue weighted by molar-refractivity contribution is 0.0597. The lowest BCUT2D eigenvalue weighted by Crippen LogP contribution is -2.06. The minimum atomic E-state index is -0.724. The van der Waals surface area contributed by atoms with Crippen molar-refractivity contribution in [3.05, 3.63) is 35.1 Å². The molecule has 1 aromatic rings. The maximum absolute atomic E-state index is 12.9. The van der Waals surface area contributed by atoms with Crippen LogP contribution in [0.4, 0.5) is 4.39 Å². The predicted octanol–water partition coefficient (Wildman–Crippen LogP) is 1.42. The van der Waals surface area contributed by atoms with E-state index in [0.717, 1.165) is 6.07 Å². The van der Waals surface area contributed by atoms with E-state index in [4.69, 9.17) is 0 Å². The molecule has 0 aliphatic heterocycles. The third-order valence-corrected chi connectivity index (χ3v) is 1.58. The van der Waals surface area contributed by atoms with E-state index in [-0.39, 0.29) is 11.1 Å². The molecule has 0 spiro atoms. The van der Waals surface area contributed by atoms with Gasteiger partial charge in [-0.1, -0.05) is 6.07 Å². The molecule has 0 atom stereocenters. The van der Waals surface area contributed by atoms with E-state index in [9.17, 15) is 14.0 Å². The summed E-state index contributed by atoms with van der Waals surface area (Å²) in [6, 6.07) is 3.78. The van der Waals surface area contributed by atoms with Gasteiger partial charge in [0.25, 0.3) is 0 Å². The van der Waals surface area contributed by atoms with Gasteiger partial charge < -0.3 is 4.74 Å². The Balaban J connectivity index is 3.28. The SMILES string of the molecule is COC(=O)c1cccc(F)c1C=O. The Bertz CT molecular complexity index is 347. The average molecular weight is 182 g/mol. The first kappa shape index (κ1) is 9.38. The highest BCUT2D eigenvalue weighted by molar-refractivity contribution is 5.98. The van der Waals surface area contributed by atoms with E-state index < -0.39 is 11.8 Å². The van der Waals surface area contributed by atoms with Crippen LogP contribution in [0.1, 0.15) is 20.7 Å². The molecule has 0 fully saturated rings. The summed E-state index contributed by atoms with van der Waals surface area (Å²) >= 11 is 0. The monoisotopic (exact) mass is 182 g/mol. The van der Waals surface area contributed by atoms with Crippen molar-refractivity contribution in [1.82, 2.24) is 0 Å². The Hall–Kier alpha value is -1.71. The van der Waals surface area contributed by atoms with E-state index >= 15 is 0 Å². The Morgan fingerprint density at radius 3 is 2.77 bits per heavy atom. The minimum Gasteiger partial charge on any atom is -0.465 e. The largest absolute Gasteiger partial charge is 0.465 e. The molecule has 68 valence electrons. The van der Waals surface area contributed by atoms with Gasteiger partial charge in [-0.3, -0.25) is 4.79 Å². The highest BCUT2D eigenvalue weighted by Gasteiger charge is 2.14. The molecule has 0 amide bonds. The summed E-state index contributed by atoms with van der Waals surface area (Å²) in [6.07, 6.45) is 0.293. The van der Waals surface area contributed by atoms with Crippen molar-refractivity contribution in [3.8, 4) is 0 Å². The number of hydrogen-bond donors (Lipinski definition) is 0. The zero-order chi connectivity index (χ0) is 9.84. The molecule has 13 heavy (non-hydrogen) atoms. The molecule has 1 rings (SSSR count). The van der Waals surface area contributed by atoms with Crippen LogP contribution < -0.4 is 0 Å². The number of aldehydes is 1. The van der Waals surface area contributed by atoms with Crippen LogP contribution in [0.3, 0.4) is 0 Å². The van der Waals surface area contributed by atoms with Crippen molar-refractivity contribution < 1.29 is 18.7 Å². The Labute approximate surface area is 74.1 Å². The van der Waals surface area contributed by atoms with Crippen LogP contribution in [0.15, 0.2) is 18.2 Å². The van der Waals surface area contributed by atoms with Gasteiger partial charge >= 0.3 is 5.97 Å². The van der Waals surface area contributed by atoms with Crippen LogP contribution in [-0.2, 0) is 4.74 Å². The van der Waals surface area contributed by atoms with E-state index in [0.29, 0.717) is 6.29 Å². The molecule has 0 aliphatic carbocycles. The van der Waals surface area contributed by atoms with Crippen LogP contribution in [0.5, 0.6) is 0 Å². The van der Waals surface area contributed by atoms with Gasteiger partial charge in [-0.05, 0) is 12.1 Å². The topological polar surface area (TPSA) is 43.4 Å². The standard InChI is InChI=1S/C9H7FO3/c1-13-9(12)6-3-2-4-8(10)7(6)5-11/h2-5H,1H3. The van der Waals surface area contributed by atoms with Gasteiger partial charge in [-0.15, -0.1) is 0 Å². The Morgan fingerprint density at radius 2 is 2.23 bits per heavy atom. The fourth-order valence-corrected chi connectivity index (χ4v) is 0.945. The summed E-state index contributed by atoms with van der Waals surface area (Å²) < 4.78 is 17.3. The molecular weight excluding hydrogens is 175 g/mol. The summed E-state index contributed by atoms with van der Waals surface area (Å²) in [5.41, 5.74) is -0.327. The molecule has 0 saturated carbocycles. The summed E-state index contributed by atoms with van der Waals surface area (Å²) in [7, 11) is 1.17. The van der Waals surface area contributed by atoms with Gasteiger partial charge in [-0.2, -0.15) is 0 Å². The van der Waals surface area contributed by atoms with Crippen LogP contribution in [0, 0.1) is 5.82 Å². The molecular formula is C9H7FO3. The normalized spacial score (nSPS) is 9.38. The summed E-state index contributed by atoms with van der Waals surface area (Å²) in [5.74, 6) is -1.44. The van der Waals surface area contributed by atoms with E-state index in [1.165, 1.54) is 19.2 Å². The molecule has 0 aromatic heterocycles. The zero-order valence-electron chi connectivity index (χ0n) is 6.91. The molecule has 0 heterocycles. The fraction of sp³-hybridized carbons (Fsp3) is 0.111. The molecule has 0 aliphatic rings. The molecule has 3 nitrogen and oxygen atoms in total. The van der Waals surface area contributed by atoms with Crippen LogP contribution >= 0.6 is 0 Å². The number of carbonyl (C=O) groups is 2. The van der Waals surface area contributed by atoms with Gasteiger partial charge in [0.1, 0.15) is 5.82 Å². The number of esters is 1. The van der Waals surface area contributed by atoms with Crippen LogP contribution in [0.2, 0.25) is 0 Å². The van der Waals surface area contributed by atoms with Crippen molar-refractivity contribution in [2.75, 3.05) is 7.11 Å². The number of ether oxygens (including phenoxy) is 1. The fourth-order valence-electron chi connectivity index (χ4n) is 0.945. The maximum atomic E-state index is 12.9. The zero-order valence-corrected chi connectivity index (χ0v) is 6.91. The first-order chi connectivity index (χ1) is 6.20. The lowest BCUT2D eigenvalue weighted by atomic mass is 10.1. The second kappa shape index (κ2) is 3.80. The van der Waals surface area contributed by atoms with E-state index in [2.05, 4.69) is 4.74 Å². The molecule has 4 heteroatoms. The van der Waals surface area contributed by atoms with Crippen LogP contribution in [0.25, 0.3) is 0 Å². The molecule has 0 radical (unpaired) electrons. The highest BCUT2D eigenvalue weighted by Crippen LogP contribution is 2.11. The second-order valence-electron chi connectivity index (χ2n) is 2.31. The van der Waals surface area contributed by atoms with E-state index in [1.54, 1.807) is 0 Å². The Kier molecular flexibility index (Phi) is 2.74. The molecule has 1 aromatic carbocycles. The first-order valence-corrected chi connectivity index (χ1v) is 3.52. The van der Waals surface area contributed by atoms with Gasteiger partial charge in [0.05, 0.1) is 18.2 Å². The van der Waals surface area contributed by atoms with Gasteiger partial charge in [0.2, 0.25) is 0 Å². The predicted molar refractivity (Wildman–Crippen MR) is 43.1 cm³/mol. The van der Waals surface area contributed by atoms with Crippen molar-refractivity contribution in [2.45, 2.75) is 0 Å². The maximum Gasteiger partial charge on any atom is 0.338 e. The quantitative estimate of drug-likeness (QED) is 0.513. The highest BCUT2D eigenvalue weighted by atomic mass is 19.1. The van der Waals surface area contributed by atoms with Gasteiger partial charge in [0, 0.05) is 0 Å². The van der Waals surface area contributed by atoms with Gasteiger partial charge in [0.15, 0.2) is 6.29 Å². The molecule has 0 unspecified atom stereocenters. The molecule has 0 N–H and O–H groups in total. The summed E-state index contributed by atoms with van der Waals surface area (Å²) in [4.78, 5) is 21.4. The Morgan fingerprint density at radius 1 is 1.54 bits per heavy atom. The van der Waals surface area contributed by atoms with Crippen LogP contribution in [-0.4, -0.2) is 19.4 Å². The van der Waals surface area contributed by atoms with Crippen molar-refractivity contribution in [1.29, 1.82) is 0 Å². The second-order valence-corrected chi connectivity index (χ2v) is 2.31. The smallest absolute Gasteiger partial charge is 0.338 e. The number of benzene rings is 1. The summed E-state index contributed by atoms with van der Waals surface area (Å²) in [5, 5.41) is 0. The van der Waals surface area contributed by atoms with Crippen molar-refractivity contribution >= 4 is 12.3 Å². The van der Waals surface area contributed by atoms with E-state index in [1.807, 2.05) is 0 Å². The molecule has 0 saturated heterocycles. The number of carbonyl (C=O) groups excluding carboxylic acids is 2.